The summed E-state index contributed by atoms with van der Waals surface area (Å²) in [6.45, 7) is 1.48. The maximum atomic E-state index is 11.6. The summed E-state index contributed by atoms with van der Waals surface area (Å²) in [5, 5.41) is 4.50. The zero-order valence-corrected chi connectivity index (χ0v) is 9.48. The van der Waals surface area contributed by atoms with E-state index in [1.807, 2.05) is 24.3 Å². The number of para-hydroxylation sites is 1. The Morgan fingerprint density at radius 2 is 2.00 bits per heavy atom. The molecular formula is C12H15N3O2. The van der Waals surface area contributed by atoms with Crippen LogP contribution in [0.2, 0.25) is 0 Å². The highest BCUT2D eigenvalue weighted by Gasteiger charge is 2.43. The molecule has 1 amide bonds. The van der Waals surface area contributed by atoms with Crippen molar-refractivity contribution in [2.45, 2.75) is 18.4 Å². The average molecular weight is 233 g/mol. The summed E-state index contributed by atoms with van der Waals surface area (Å²) in [4.78, 5) is 11.6. The number of amides is 1. The number of hydrazine groups is 1. The summed E-state index contributed by atoms with van der Waals surface area (Å²) >= 11 is 0. The molecule has 1 saturated heterocycles. The fourth-order valence-electron chi connectivity index (χ4n) is 2.61. The number of carbonyl (C=O) groups is 1. The van der Waals surface area contributed by atoms with Crippen LogP contribution in [-0.4, -0.2) is 24.2 Å². The maximum absolute atomic E-state index is 11.6. The second kappa shape index (κ2) is 3.72. The van der Waals surface area contributed by atoms with E-state index < -0.39 is 5.60 Å². The van der Waals surface area contributed by atoms with Crippen molar-refractivity contribution in [3.63, 3.8) is 0 Å². The molecule has 0 saturated carbocycles. The number of piperidine rings is 1. The van der Waals surface area contributed by atoms with Crippen LogP contribution in [0.4, 0.5) is 10.5 Å². The Morgan fingerprint density at radius 3 is 2.76 bits per heavy atom. The molecule has 0 atom stereocenters. The lowest BCUT2D eigenvalue weighted by Crippen LogP contribution is -2.50. The molecule has 1 aromatic carbocycles. The van der Waals surface area contributed by atoms with Crippen molar-refractivity contribution in [1.82, 2.24) is 5.01 Å². The van der Waals surface area contributed by atoms with Crippen molar-refractivity contribution >= 4 is 11.8 Å². The average Bonchev–Trinajstić information content (AvgIpc) is 2.33. The number of ether oxygens (including phenoxy) is 1. The SMILES string of the molecule is NN1CCC2(CC1)OC(=O)Nc1ccccc12. The topological polar surface area (TPSA) is 67.6 Å². The molecule has 17 heavy (non-hydrogen) atoms. The zero-order chi connectivity index (χ0) is 11.9. The number of hydrogen-bond acceptors (Lipinski definition) is 4. The summed E-state index contributed by atoms with van der Waals surface area (Å²) in [5.74, 6) is 5.76. The van der Waals surface area contributed by atoms with Gasteiger partial charge in [-0.3, -0.25) is 11.2 Å². The van der Waals surface area contributed by atoms with Crippen molar-refractivity contribution in [1.29, 1.82) is 0 Å². The number of hydrogen-bond donors (Lipinski definition) is 2. The molecule has 2 aliphatic rings. The third kappa shape index (κ3) is 1.67. The molecule has 1 aromatic rings. The van der Waals surface area contributed by atoms with Gasteiger partial charge in [-0.2, -0.15) is 0 Å². The summed E-state index contributed by atoms with van der Waals surface area (Å²) in [5.41, 5.74) is 1.43. The third-order valence-corrected chi connectivity index (χ3v) is 3.55. The molecule has 5 heteroatoms. The Morgan fingerprint density at radius 1 is 1.29 bits per heavy atom. The Hall–Kier alpha value is -1.59. The molecule has 1 fully saturated rings. The van der Waals surface area contributed by atoms with Crippen LogP contribution in [0.25, 0.3) is 0 Å². The van der Waals surface area contributed by atoms with E-state index in [-0.39, 0.29) is 6.09 Å². The molecule has 2 aliphatic heterocycles. The van der Waals surface area contributed by atoms with Crippen LogP contribution < -0.4 is 11.2 Å². The fourth-order valence-corrected chi connectivity index (χ4v) is 2.61. The highest BCUT2D eigenvalue weighted by atomic mass is 16.6. The first-order valence-corrected chi connectivity index (χ1v) is 5.79. The molecular weight excluding hydrogens is 218 g/mol. The van der Waals surface area contributed by atoms with Gasteiger partial charge in [0.25, 0.3) is 0 Å². The van der Waals surface area contributed by atoms with Gasteiger partial charge >= 0.3 is 6.09 Å². The van der Waals surface area contributed by atoms with Crippen LogP contribution >= 0.6 is 0 Å². The van der Waals surface area contributed by atoms with Gasteiger partial charge in [0.15, 0.2) is 0 Å². The van der Waals surface area contributed by atoms with E-state index in [2.05, 4.69) is 5.32 Å². The molecule has 0 unspecified atom stereocenters. The summed E-state index contributed by atoms with van der Waals surface area (Å²) in [6, 6.07) is 7.81. The van der Waals surface area contributed by atoms with Crippen LogP contribution in [0.1, 0.15) is 18.4 Å². The van der Waals surface area contributed by atoms with Crippen LogP contribution in [0.3, 0.4) is 0 Å². The fraction of sp³-hybridized carbons (Fsp3) is 0.417. The van der Waals surface area contributed by atoms with Crippen LogP contribution in [0, 0.1) is 0 Å². The lowest BCUT2D eigenvalue weighted by Gasteiger charge is -2.43. The monoisotopic (exact) mass is 233 g/mol. The minimum atomic E-state index is -0.491. The van der Waals surface area contributed by atoms with Gasteiger partial charge in [-0.05, 0) is 6.07 Å². The lowest BCUT2D eigenvalue weighted by atomic mass is 9.83. The third-order valence-electron chi connectivity index (χ3n) is 3.55. The van der Waals surface area contributed by atoms with Crippen molar-refractivity contribution in [3.8, 4) is 0 Å². The number of rotatable bonds is 0. The van der Waals surface area contributed by atoms with E-state index in [9.17, 15) is 4.79 Å². The van der Waals surface area contributed by atoms with E-state index in [4.69, 9.17) is 10.6 Å². The number of nitrogens with two attached hydrogens (primary N) is 1. The normalized spacial score (nSPS) is 22.8. The smallest absolute Gasteiger partial charge is 0.412 e. The predicted octanol–water partition coefficient (Wildman–Crippen LogP) is 1.41. The standard InChI is InChI=1S/C12H15N3O2/c13-15-7-5-12(6-8-15)9-3-1-2-4-10(9)14-11(16)17-12/h1-4H,5-8,13H2,(H,14,16). The van der Waals surface area contributed by atoms with E-state index in [1.165, 1.54) is 0 Å². The first-order valence-electron chi connectivity index (χ1n) is 5.79. The molecule has 3 rings (SSSR count). The highest BCUT2D eigenvalue weighted by Crippen LogP contribution is 2.42. The molecule has 90 valence electrons. The quantitative estimate of drug-likeness (QED) is 0.665. The Kier molecular flexibility index (Phi) is 2.31. The largest absolute Gasteiger partial charge is 0.438 e. The molecule has 3 N–H and O–H groups in total. The number of carbonyl (C=O) groups excluding carboxylic acids is 1. The summed E-state index contributed by atoms with van der Waals surface area (Å²) < 4.78 is 5.56. The van der Waals surface area contributed by atoms with Crippen LogP contribution in [0.5, 0.6) is 0 Å². The Labute approximate surface area is 99.5 Å². The Bertz CT molecular complexity index is 453. The van der Waals surface area contributed by atoms with Gasteiger partial charge in [-0.1, -0.05) is 18.2 Å². The summed E-state index contributed by atoms with van der Waals surface area (Å²) in [7, 11) is 0. The van der Waals surface area contributed by atoms with Gasteiger partial charge < -0.3 is 4.74 Å². The van der Waals surface area contributed by atoms with Crippen molar-refractivity contribution < 1.29 is 9.53 Å². The predicted molar refractivity (Wildman–Crippen MR) is 63.2 cm³/mol. The maximum Gasteiger partial charge on any atom is 0.412 e. The minimum absolute atomic E-state index is 0.367. The molecule has 1 spiro atoms. The first-order chi connectivity index (χ1) is 8.20. The minimum Gasteiger partial charge on any atom is -0.438 e. The van der Waals surface area contributed by atoms with Gasteiger partial charge in [-0.25, -0.2) is 9.80 Å². The Balaban J connectivity index is 2.02. The highest BCUT2D eigenvalue weighted by molar-refractivity contribution is 5.88. The molecule has 2 heterocycles. The van der Waals surface area contributed by atoms with Gasteiger partial charge in [0.2, 0.25) is 0 Å². The molecule has 5 nitrogen and oxygen atoms in total. The van der Waals surface area contributed by atoms with Crippen LogP contribution in [0.15, 0.2) is 24.3 Å². The van der Waals surface area contributed by atoms with Gasteiger partial charge in [0.05, 0.1) is 5.69 Å². The number of anilines is 1. The number of nitrogens with zero attached hydrogens (tertiary/aromatic N) is 1. The first kappa shape index (κ1) is 10.6. The van der Waals surface area contributed by atoms with Crippen molar-refractivity contribution in [2.75, 3.05) is 18.4 Å². The second-order valence-corrected chi connectivity index (χ2v) is 4.59. The van der Waals surface area contributed by atoms with Crippen molar-refractivity contribution in [3.05, 3.63) is 29.8 Å². The summed E-state index contributed by atoms with van der Waals surface area (Å²) in [6.07, 6.45) is 1.12. The van der Waals surface area contributed by atoms with E-state index in [1.54, 1.807) is 5.01 Å². The number of fused-ring (bicyclic) bond motifs is 2. The molecule has 0 bridgehead atoms. The number of nitrogens with one attached hydrogen (secondary N) is 1. The van der Waals surface area contributed by atoms with Gasteiger partial charge in [0.1, 0.15) is 5.60 Å². The van der Waals surface area contributed by atoms with E-state index in [0.29, 0.717) is 0 Å². The second-order valence-electron chi connectivity index (χ2n) is 4.59. The lowest BCUT2D eigenvalue weighted by molar-refractivity contribution is -0.0381. The number of benzene rings is 1. The van der Waals surface area contributed by atoms with E-state index >= 15 is 0 Å². The molecule has 0 aromatic heterocycles. The van der Waals surface area contributed by atoms with Crippen LogP contribution in [-0.2, 0) is 10.3 Å². The van der Waals surface area contributed by atoms with Gasteiger partial charge in [0, 0.05) is 31.5 Å². The van der Waals surface area contributed by atoms with E-state index in [0.717, 1.165) is 37.2 Å². The zero-order valence-electron chi connectivity index (χ0n) is 9.48. The van der Waals surface area contributed by atoms with Gasteiger partial charge in [-0.15, -0.1) is 0 Å². The van der Waals surface area contributed by atoms with Crippen molar-refractivity contribution in [2.24, 2.45) is 5.84 Å². The molecule has 0 radical (unpaired) electrons. The molecule has 0 aliphatic carbocycles.